The summed E-state index contributed by atoms with van der Waals surface area (Å²) < 4.78 is 0. The first kappa shape index (κ1) is 13.4. The molecule has 3 N–H and O–H groups in total. The highest BCUT2D eigenvalue weighted by Crippen LogP contribution is 2.35. The largest absolute Gasteiger partial charge is 0.308 e. The van der Waals surface area contributed by atoms with E-state index in [9.17, 15) is 0 Å². The summed E-state index contributed by atoms with van der Waals surface area (Å²) in [7, 11) is 0. The fourth-order valence-corrected chi connectivity index (χ4v) is 3.86. The summed E-state index contributed by atoms with van der Waals surface area (Å²) in [4.78, 5) is 9.38. The van der Waals surface area contributed by atoms with Crippen LogP contribution in [0, 0.1) is 20.8 Å². The maximum absolute atomic E-state index is 5.62. The average Bonchev–Trinajstić information content (AvgIpc) is 2.84. The van der Waals surface area contributed by atoms with E-state index in [1.165, 1.54) is 16.7 Å². The predicted octanol–water partition coefficient (Wildman–Crippen LogP) is 3.10. The first-order valence-electron chi connectivity index (χ1n) is 6.62. The molecule has 0 aliphatic carbocycles. The van der Waals surface area contributed by atoms with Crippen LogP contribution in [0.2, 0.25) is 0 Å². The number of hydrogen-bond donors (Lipinski definition) is 2. The molecule has 2 aromatic rings. The van der Waals surface area contributed by atoms with Crippen molar-refractivity contribution in [2.75, 3.05) is 5.43 Å². The van der Waals surface area contributed by atoms with Crippen LogP contribution >= 0.6 is 11.8 Å². The quantitative estimate of drug-likeness (QED) is 0.656. The van der Waals surface area contributed by atoms with Crippen molar-refractivity contribution >= 4 is 17.6 Å². The number of hydrazine groups is 1. The second-order valence-corrected chi connectivity index (χ2v) is 6.22. The van der Waals surface area contributed by atoms with Crippen LogP contribution in [0.25, 0.3) is 11.4 Å². The van der Waals surface area contributed by atoms with Crippen LogP contribution in [0.3, 0.4) is 0 Å². The molecule has 3 rings (SSSR count). The Morgan fingerprint density at radius 1 is 1.10 bits per heavy atom. The Morgan fingerprint density at radius 2 is 1.80 bits per heavy atom. The molecule has 0 bridgehead atoms. The summed E-state index contributed by atoms with van der Waals surface area (Å²) in [6.07, 6.45) is 0. The summed E-state index contributed by atoms with van der Waals surface area (Å²) in [6.45, 7) is 6.32. The van der Waals surface area contributed by atoms with E-state index in [2.05, 4.69) is 43.3 Å². The summed E-state index contributed by atoms with van der Waals surface area (Å²) in [5, 5.41) is 0. The van der Waals surface area contributed by atoms with Crippen LogP contribution in [-0.2, 0) is 11.5 Å². The number of nitrogen functional groups attached to an aromatic ring is 1. The molecule has 20 heavy (non-hydrogen) atoms. The third kappa shape index (κ3) is 2.17. The Kier molecular flexibility index (Phi) is 3.40. The highest BCUT2D eigenvalue weighted by atomic mass is 32.2. The molecule has 5 heteroatoms. The summed E-state index contributed by atoms with van der Waals surface area (Å²) in [5.74, 6) is 9.02. The molecule has 0 amide bonds. The fraction of sp³-hybridized carbons (Fsp3) is 0.333. The SMILES string of the molecule is Cc1cc(C)c(-c2nc3c(c(NN)n2)CSC3)c(C)c1. The molecular formula is C15H18N4S. The topological polar surface area (TPSA) is 63.8 Å². The lowest BCUT2D eigenvalue weighted by Gasteiger charge is -2.13. The van der Waals surface area contributed by atoms with Crippen molar-refractivity contribution in [1.82, 2.24) is 9.97 Å². The number of nitrogens with two attached hydrogens (primary N) is 1. The number of fused-ring (bicyclic) bond motifs is 1. The van der Waals surface area contributed by atoms with E-state index in [1.807, 2.05) is 11.8 Å². The number of rotatable bonds is 2. The van der Waals surface area contributed by atoms with Gasteiger partial charge in [0.2, 0.25) is 0 Å². The molecule has 0 spiro atoms. The number of anilines is 1. The molecule has 1 aliphatic heterocycles. The Morgan fingerprint density at radius 3 is 2.45 bits per heavy atom. The van der Waals surface area contributed by atoms with Gasteiger partial charge in [-0.25, -0.2) is 15.8 Å². The molecule has 1 aliphatic rings. The summed E-state index contributed by atoms with van der Waals surface area (Å²) in [6, 6.07) is 4.34. The van der Waals surface area contributed by atoms with Gasteiger partial charge in [0.15, 0.2) is 5.82 Å². The van der Waals surface area contributed by atoms with Crippen LogP contribution in [0.1, 0.15) is 27.9 Å². The Labute approximate surface area is 123 Å². The molecule has 0 atom stereocenters. The maximum Gasteiger partial charge on any atom is 0.162 e. The first-order valence-corrected chi connectivity index (χ1v) is 7.78. The molecule has 104 valence electrons. The molecular weight excluding hydrogens is 268 g/mol. The fourth-order valence-electron chi connectivity index (χ4n) is 2.82. The van der Waals surface area contributed by atoms with Gasteiger partial charge in [-0.05, 0) is 31.9 Å². The van der Waals surface area contributed by atoms with Gasteiger partial charge >= 0.3 is 0 Å². The first-order chi connectivity index (χ1) is 9.60. The van der Waals surface area contributed by atoms with Gasteiger partial charge in [0.25, 0.3) is 0 Å². The third-order valence-electron chi connectivity index (χ3n) is 3.62. The average molecular weight is 286 g/mol. The van der Waals surface area contributed by atoms with E-state index in [-0.39, 0.29) is 0 Å². The van der Waals surface area contributed by atoms with Crippen molar-refractivity contribution in [2.24, 2.45) is 5.84 Å². The van der Waals surface area contributed by atoms with Crippen LogP contribution in [0.5, 0.6) is 0 Å². The van der Waals surface area contributed by atoms with Gasteiger partial charge in [0.05, 0.1) is 5.69 Å². The zero-order valence-corrected chi connectivity index (χ0v) is 12.8. The lowest BCUT2D eigenvalue weighted by atomic mass is 9.99. The van der Waals surface area contributed by atoms with Crippen LogP contribution in [-0.4, -0.2) is 9.97 Å². The van der Waals surface area contributed by atoms with Gasteiger partial charge in [-0.1, -0.05) is 17.7 Å². The van der Waals surface area contributed by atoms with Gasteiger partial charge in [-0.2, -0.15) is 11.8 Å². The Bertz CT molecular complexity index is 659. The number of benzene rings is 1. The molecule has 4 nitrogen and oxygen atoms in total. The minimum atomic E-state index is 0.759. The second kappa shape index (κ2) is 5.07. The van der Waals surface area contributed by atoms with Crippen LogP contribution in [0.4, 0.5) is 5.82 Å². The predicted molar refractivity (Wildman–Crippen MR) is 84.5 cm³/mol. The Hall–Kier alpha value is -1.59. The number of hydrogen-bond acceptors (Lipinski definition) is 5. The number of nitrogens with one attached hydrogen (secondary N) is 1. The molecule has 0 saturated heterocycles. The van der Waals surface area contributed by atoms with E-state index >= 15 is 0 Å². The van der Waals surface area contributed by atoms with E-state index in [1.54, 1.807) is 0 Å². The maximum atomic E-state index is 5.62. The van der Waals surface area contributed by atoms with Gasteiger partial charge in [-0.3, -0.25) is 0 Å². The van der Waals surface area contributed by atoms with Gasteiger partial charge < -0.3 is 5.43 Å². The molecule has 0 radical (unpaired) electrons. The highest BCUT2D eigenvalue weighted by Gasteiger charge is 2.21. The zero-order chi connectivity index (χ0) is 14.3. The summed E-state index contributed by atoms with van der Waals surface area (Å²) >= 11 is 1.85. The van der Waals surface area contributed by atoms with Crippen molar-refractivity contribution in [3.05, 3.63) is 40.1 Å². The molecule has 0 fully saturated rings. The number of aromatic nitrogens is 2. The van der Waals surface area contributed by atoms with Crippen LogP contribution in [0.15, 0.2) is 12.1 Å². The number of aryl methyl sites for hydroxylation is 3. The van der Waals surface area contributed by atoms with Gasteiger partial charge in [0.1, 0.15) is 5.82 Å². The number of nitrogens with zero attached hydrogens (tertiary/aromatic N) is 2. The van der Waals surface area contributed by atoms with Crippen molar-refractivity contribution in [3.8, 4) is 11.4 Å². The minimum absolute atomic E-state index is 0.759. The van der Waals surface area contributed by atoms with Crippen LogP contribution < -0.4 is 11.3 Å². The van der Waals surface area contributed by atoms with Crippen molar-refractivity contribution in [3.63, 3.8) is 0 Å². The van der Waals surface area contributed by atoms with Crippen molar-refractivity contribution in [2.45, 2.75) is 32.3 Å². The summed E-state index contributed by atoms with van der Waals surface area (Å²) in [5.41, 5.74) is 9.76. The standard InChI is InChI=1S/C15H18N4S/c1-8-4-9(2)13(10(3)5-8)15-17-12-7-20-6-11(12)14(18-15)19-16/h4-5H,6-7,16H2,1-3H3,(H,17,18,19). The molecule has 2 heterocycles. The number of thioether (sulfide) groups is 1. The van der Waals surface area contributed by atoms with E-state index in [4.69, 9.17) is 10.8 Å². The second-order valence-electron chi connectivity index (χ2n) is 5.23. The highest BCUT2D eigenvalue weighted by molar-refractivity contribution is 7.98. The van der Waals surface area contributed by atoms with Crippen molar-refractivity contribution in [1.29, 1.82) is 0 Å². The lowest BCUT2D eigenvalue weighted by molar-refractivity contribution is 1.05. The monoisotopic (exact) mass is 286 g/mol. The molecule has 1 aromatic carbocycles. The van der Waals surface area contributed by atoms with Crippen molar-refractivity contribution < 1.29 is 0 Å². The molecule has 0 unspecified atom stereocenters. The van der Waals surface area contributed by atoms with E-state index in [0.29, 0.717) is 0 Å². The Balaban J connectivity index is 2.21. The normalized spacial score (nSPS) is 13.4. The lowest BCUT2D eigenvalue weighted by Crippen LogP contribution is -2.13. The van der Waals surface area contributed by atoms with Gasteiger partial charge in [-0.15, -0.1) is 0 Å². The smallest absolute Gasteiger partial charge is 0.162 e. The minimum Gasteiger partial charge on any atom is -0.308 e. The van der Waals surface area contributed by atoms with Gasteiger partial charge in [0, 0.05) is 22.6 Å². The van der Waals surface area contributed by atoms with E-state index in [0.717, 1.165) is 40.0 Å². The molecule has 0 saturated carbocycles. The third-order valence-corrected chi connectivity index (χ3v) is 4.59. The van der Waals surface area contributed by atoms with E-state index < -0.39 is 0 Å². The zero-order valence-electron chi connectivity index (χ0n) is 11.9. The molecule has 1 aromatic heterocycles.